The van der Waals surface area contributed by atoms with Crippen LogP contribution < -0.4 is 0 Å². The zero-order valence-corrected chi connectivity index (χ0v) is 14.5. The van der Waals surface area contributed by atoms with Crippen LogP contribution in [-0.2, 0) is 0 Å². The van der Waals surface area contributed by atoms with Crippen LogP contribution in [0.1, 0.15) is 86.0 Å². The van der Waals surface area contributed by atoms with E-state index in [1.165, 1.54) is 57.9 Å². The van der Waals surface area contributed by atoms with Crippen LogP contribution in [0.2, 0.25) is 0 Å². The molecule has 0 atom stereocenters. The molecule has 1 aliphatic carbocycles. The van der Waals surface area contributed by atoms with Gasteiger partial charge in [-0.05, 0) is 64.0 Å². The van der Waals surface area contributed by atoms with Gasteiger partial charge in [-0.1, -0.05) is 47.5 Å². The molecule has 0 radical (unpaired) electrons. The lowest BCUT2D eigenvalue weighted by atomic mass is 9.81. The van der Waals surface area contributed by atoms with Gasteiger partial charge in [-0.3, -0.25) is 0 Å². The van der Waals surface area contributed by atoms with E-state index in [4.69, 9.17) is 0 Å². The highest BCUT2D eigenvalue weighted by Crippen LogP contribution is 2.31. The third kappa shape index (κ3) is 8.68. The van der Waals surface area contributed by atoms with Crippen molar-refractivity contribution in [3.63, 3.8) is 0 Å². The molecule has 1 saturated carbocycles. The molecule has 0 aromatic rings. The van der Waals surface area contributed by atoms with E-state index in [0.717, 1.165) is 17.9 Å². The molecule has 1 aliphatic rings. The Morgan fingerprint density at radius 3 is 2.05 bits per heavy atom. The zero-order chi connectivity index (χ0) is 14.7. The number of nitrogens with zero attached hydrogens (tertiary/aromatic N) is 1. The van der Waals surface area contributed by atoms with Crippen molar-refractivity contribution in [2.45, 2.75) is 92.0 Å². The fraction of sp³-hybridized carbons (Fsp3) is 1.00. The van der Waals surface area contributed by atoms with Gasteiger partial charge in [-0.25, -0.2) is 0 Å². The minimum absolute atomic E-state index is 0.885. The summed E-state index contributed by atoms with van der Waals surface area (Å²) in [5, 5.41) is 0. The molecule has 0 heterocycles. The van der Waals surface area contributed by atoms with Crippen LogP contribution in [0.25, 0.3) is 0 Å². The number of rotatable bonds is 7. The van der Waals surface area contributed by atoms with E-state index in [-0.39, 0.29) is 0 Å². The van der Waals surface area contributed by atoms with Gasteiger partial charge in [0.2, 0.25) is 0 Å². The normalized spacial score (nSPS) is 23.4. The van der Waals surface area contributed by atoms with Crippen LogP contribution >= 0.6 is 0 Å². The van der Waals surface area contributed by atoms with Crippen molar-refractivity contribution < 1.29 is 0 Å². The largest absolute Gasteiger partial charge is 0.303 e. The predicted molar refractivity (Wildman–Crippen MR) is 88.7 cm³/mol. The third-order valence-corrected chi connectivity index (χ3v) is 4.36. The highest BCUT2D eigenvalue weighted by Gasteiger charge is 2.23. The van der Waals surface area contributed by atoms with Crippen LogP contribution in [0.15, 0.2) is 0 Å². The van der Waals surface area contributed by atoms with E-state index >= 15 is 0 Å². The molecule has 116 valence electrons. The molecule has 1 nitrogen and oxygen atoms in total. The maximum absolute atomic E-state index is 2.63. The molecule has 0 aromatic heterocycles. The Balaban J connectivity index is 0.00000154. The van der Waals surface area contributed by atoms with Gasteiger partial charge in [0.05, 0.1) is 0 Å². The number of hydrogen-bond donors (Lipinski definition) is 0. The lowest BCUT2D eigenvalue weighted by Gasteiger charge is -2.35. The summed E-state index contributed by atoms with van der Waals surface area (Å²) < 4.78 is 0. The minimum Gasteiger partial charge on any atom is -0.303 e. The van der Waals surface area contributed by atoms with E-state index in [9.17, 15) is 0 Å². The van der Waals surface area contributed by atoms with Gasteiger partial charge >= 0.3 is 0 Å². The van der Waals surface area contributed by atoms with Crippen molar-refractivity contribution >= 4 is 0 Å². The van der Waals surface area contributed by atoms with Crippen LogP contribution in [0.3, 0.4) is 0 Å². The smallest absolute Gasteiger partial charge is 0.00924 e. The molecule has 1 rings (SSSR count). The van der Waals surface area contributed by atoms with E-state index in [1.54, 1.807) is 0 Å². The molecule has 1 fully saturated rings. The first kappa shape index (κ1) is 19.0. The van der Waals surface area contributed by atoms with Gasteiger partial charge < -0.3 is 4.90 Å². The fourth-order valence-corrected chi connectivity index (χ4v) is 3.28. The Hall–Kier alpha value is -0.0400. The Morgan fingerprint density at radius 1 is 1.00 bits per heavy atom. The lowest BCUT2D eigenvalue weighted by molar-refractivity contribution is 0.154. The maximum atomic E-state index is 2.63. The third-order valence-electron chi connectivity index (χ3n) is 4.36. The highest BCUT2D eigenvalue weighted by molar-refractivity contribution is 4.78. The van der Waals surface area contributed by atoms with Crippen molar-refractivity contribution in [2.24, 2.45) is 11.8 Å². The van der Waals surface area contributed by atoms with Gasteiger partial charge in [-0.15, -0.1) is 0 Å². The summed E-state index contributed by atoms with van der Waals surface area (Å²) in [6.07, 6.45) is 11.4. The molecule has 0 spiro atoms. The summed E-state index contributed by atoms with van der Waals surface area (Å²) >= 11 is 0. The summed E-state index contributed by atoms with van der Waals surface area (Å²) in [6.45, 7) is 12.3. The van der Waals surface area contributed by atoms with Crippen molar-refractivity contribution in [3.05, 3.63) is 0 Å². The second kappa shape index (κ2) is 11.8. The zero-order valence-electron chi connectivity index (χ0n) is 14.5. The van der Waals surface area contributed by atoms with E-state index in [1.807, 2.05) is 13.8 Å². The van der Waals surface area contributed by atoms with Gasteiger partial charge in [0.15, 0.2) is 0 Å². The lowest BCUT2D eigenvalue weighted by Crippen LogP contribution is -2.36. The van der Waals surface area contributed by atoms with Gasteiger partial charge in [0.25, 0.3) is 0 Å². The first-order valence-electron chi connectivity index (χ1n) is 8.83. The van der Waals surface area contributed by atoms with Crippen molar-refractivity contribution in [3.8, 4) is 0 Å². The molecular formula is C18H39N. The Morgan fingerprint density at radius 2 is 1.58 bits per heavy atom. The van der Waals surface area contributed by atoms with Gasteiger partial charge in [0.1, 0.15) is 0 Å². The molecule has 19 heavy (non-hydrogen) atoms. The van der Waals surface area contributed by atoms with Crippen LogP contribution in [0.5, 0.6) is 0 Å². The molecule has 0 aliphatic heterocycles. The number of hydrogen-bond acceptors (Lipinski definition) is 1. The number of unbranched alkanes of at least 4 members (excludes halogenated alkanes) is 2. The van der Waals surface area contributed by atoms with Crippen LogP contribution in [0.4, 0.5) is 0 Å². The maximum Gasteiger partial charge on any atom is 0.00924 e. The van der Waals surface area contributed by atoms with Gasteiger partial charge in [0, 0.05) is 6.04 Å². The fourth-order valence-electron chi connectivity index (χ4n) is 3.28. The van der Waals surface area contributed by atoms with E-state index in [2.05, 4.69) is 32.7 Å². The van der Waals surface area contributed by atoms with Crippen molar-refractivity contribution in [2.75, 3.05) is 13.6 Å². The molecule has 0 unspecified atom stereocenters. The van der Waals surface area contributed by atoms with Crippen molar-refractivity contribution in [1.29, 1.82) is 0 Å². The van der Waals surface area contributed by atoms with Crippen LogP contribution in [-0.4, -0.2) is 24.5 Å². The molecular weight excluding hydrogens is 230 g/mol. The summed E-state index contributed by atoms with van der Waals surface area (Å²) in [4.78, 5) is 2.63. The average molecular weight is 270 g/mol. The molecule has 0 N–H and O–H groups in total. The topological polar surface area (TPSA) is 3.24 Å². The van der Waals surface area contributed by atoms with Crippen molar-refractivity contribution in [1.82, 2.24) is 4.90 Å². The molecule has 0 bridgehead atoms. The first-order chi connectivity index (χ1) is 9.13. The summed E-state index contributed by atoms with van der Waals surface area (Å²) in [5.41, 5.74) is 0. The quantitative estimate of drug-likeness (QED) is 0.533. The second-order valence-corrected chi connectivity index (χ2v) is 6.49. The molecule has 0 aromatic carbocycles. The standard InChI is InChI=1S/C16H33N.C2H6/c1-5-6-7-12-17(4)16-10-8-15(9-11-16)13-14(2)3;1-2/h14-16H,5-13H2,1-4H3;1-2H3. The highest BCUT2D eigenvalue weighted by atomic mass is 15.1. The molecule has 0 saturated heterocycles. The Labute approximate surface area is 123 Å². The summed E-state index contributed by atoms with van der Waals surface area (Å²) in [7, 11) is 2.34. The molecule has 1 heteroatoms. The predicted octanol–water partition coefficient (Wildman–Crippen LogP) is 5.74. The summed E-state index contributed by atoms with van der Waals surface area (Å²) in [5.74, 6) is 1.91. The SMILES string of the molecule is CC.CCCCCN(C)C1CCC(CC(C)C)CC1. The second-order valence-electron chi connectivity index (χ2n) is 6.49. The average Bonchev–Trinajstić information content (AvgIpc) is 2.41. The Bertz CT molecular complexity index is 180. The molecule has 0 amide bonds. The Kier molecular flexibility index (Phi) is 11.7. The van der Waals surface area contributed by atoms with E-state index in [0.29, 0.717) is 0 Å². The first-order valence-corrected chi connectivity index (χ1v) is 8.83. The van der Waals surface area contributed by atoms with Gasteiger partial charge in [-0.2, -0.15) is 0 Å². The monoisotopic (exact) mass is 269 g/mol. The minimum atomic E-state index is 0.885. The van der Waals surface area contributed by atoms with E-state index < -0.39 is 0 Å². The van der Waals surface area contributed by atoms with Crippen LogP contribution in [0, 0.1) is 11.8 Å². The summed E-state index contributed by atoms with van der Waals surface area (Å²) in [6, 6.07) is 0.885.